The van der Waals surface area contributed by atoms with Crippen LogP contribution in [-0.2, 0) is 19.6 Å². The van der Waals surface area contributed by atoms with Crippen molar-refractivity contribution in [3.05, 3.63) is 54.1 Å². The topological polar surface area (TPSA) is 135 Å². The van der Waals surface area contributed by atoms with Gasteiger partial charge in [-0.05, 0) is 24.3 Å². The summed E-state index contributed by atoms with van der Waals surface area (Å²) in [5.41, 5.74) is 5.03. The SMILES string of the molecule is O=C(CCN=C1NS(=O)(=O)c2ccccc21)NNC(=O)C1COc2ccccc2O1. The predicted molar refractivity (Wildman–Crippen MR) is 105 cm³/mol. The molecule has 0 saturated carbocycles. The molecule has 0 bridgehead atoms. The molecule has 2 amide bonds. The number of hydrogen-bond acceptors (Lipinski definition) is 7. The number of carbonyl (C=O) groups is 2. The third kappa shape index (κ3) is 4.06. The summed E-state index contributed by atoms with van der Waals surface area (Å²) >= 11 is 0. The van der Waals surface area contributed by atoms with Crippen molar-refractivity contribution in [2.24, 2.45) is 4.99 Å². The fraction of sp³-hybridized carbons (Fsp3) is 0.211. The largest absolute Gasteiger partial charge is 0.485 e. The first-order chi connectivity index (χ1) is 14.4. The maximum atomic E-state index is 12.2. The van der Waals surface area contributed by atoms with Gasteiger partial charge in [0.15, 0.2) is 11.5 Å². The summed E-state index contributed by atoms with van der Waals surface area (Å²) < 4.78 is 37.4. The van der Waals surface area contributed by atoms with Crippen molar-refractivity contribution in [3.8, 4) is 11.5 Å². The number of amidine groups is 1. The fourth-order valence-electron chi connectivity index (χ4n) is 2.94. The molecule has 0 aromatic heterocycles. The van der Waals surface area contributed by atoms with Crippen molar-refractivity contribution in [2.45, 2.75) is 17.4 Å². The molecule has 156 valence electrons. The normalized spacial score (nSPS) is 19.5. The average molecular weight is 430 g/mol. The maximum Gasteiger partial charge on any atom is 0.283 e. The maximum absolute atomic E-state index is 12.2. The Bertz CT molecular complexity index is 1130. The van der Waals surface area contributed by atoms with Crippen molar-refractivity contribution in [1.29, 1.82) is 0 Å². The van der Waals surface area contributed by atoms with Crippen LogP contribution >= 0.6 is 0 Å². The Morgan fingerprint density at radius 2 is 1.80 bits per heavy atom. The molecular weight excluding hydrogens is 412 g/mol. The number of para-hydroxylation sites is 2. The number of carbonyl (C=O) groups excluding carboxylic acids is 2. The number of rotatable bonds is 4. The van der Waals surface area contributed by atoms with Gasteiger partial charge in [-0.25, -0.2) is 8.42 Å². The zero-order valence-corrected chi connectivity index (χ0v) is 16.4. The Morgan fingerprint density at radius 1 is 1.07 bits per heavy atom. The molecule has 0 fully saturated rings. The van der Waals surface area contributed by atoms with Crippen LogP contribution in [0.3, 0.4) is 0 Å². The number of benzene rings is 2. The minimum Gasteiger partial charge on any atom is -0.485 e. The van der Waals surface area contributed by atoms with Gasteiger partial charge >= 0.3 is 0 Å². The standard InChI is InChI=1S/C19H18N4O6S/c24-17(9-10-20-18-12-5-1-4-8-16(12)30(26,27)23-18)21-22-19(25)15-11-28-13-6-2-3-7-14(13)29-15/h1-8,15H,9-11H2,(H,20,23)(H,21,24)(H,22,25). The number of ether oxygens (including phenoxy) is 2. The lowest BCUT2D eigenvalue weighted by Gasteiger charge is -2.25. The van der Waals surface area contributed by atoms with Gasteiger partial charge < -0.3 is 9.47 Å². The van der Waals surface area contributed by atoms with Crippen LogP contribution in [-0.4, -0.2) is 45.3 Å². The molecule has 0 saturated heterocycles. The minimum atomic E-state index is -3.62. The zero-order chi connectivity index (χ0) is 21.1. The molecule has 3 N–H and O–H groups in total. The van der Waals surface area contributed by atoms with Gasteiger partial charge in [-0.3, -0.25) is 30.2 Å². The number of aliphatic imine (C=N–C) groups is 1. The van der Waals surface area contributed by atoms with E-state index in [-0.39, 0.29) is 30.3 Å². The van der Waals surface area contributed by atoms with Crippen LogP contribution in [0.1, 0.15) is 12.0 Å². The molecule has 4 rings (SSSR count). The van der Waals surface area contributed by atoms with Crippen LogP contribution in [0.5, 0.6) is 11.5 Å². The van der Waals surface area contributed by atoms with Crippen LogP contribution in [0.2, 0.25) is 0 Å². The second-order valence-corrected chi connectivity index (χ2v) is 8.13. The molecule has 2 aliphatic heterocycles. The summed E-state index contributed by atoms with van der Waals surface area (Å²) in [6, 6.07) is 13.4. The number of nitrogens with zero attached hydrogens (tertiary/aromatic N) is 1. The van der Waals surface area contributed by atoms with E-state index in [0.717, 1.165) is 0 Å². The van der Waals surface area contributed by atoms with E-state index >= 15 is 0 Å². The van der Waals surface area contributed by atoms with E-state index in [1.807, 2.05) is 0 Å². The molecular formula is C19H18N4O6S. The van der Waals surface area contributed by atoms with Crippen LogP contribution in [0, 0.1) is 0 Å². The number of sulfonamides is 1. The van der Waals surface area contributed by atoms with E-state index in [9.17, 15) is 18.0 Å². The molecule has 2 aromatic rings. The Morgan fingerprint density at radius 3 is 2.63 bits per heavy atom. The summed E-state index contributed by atoms with van der Waals surface area (Å²) in [6.07, 6.45) is -0.955. The fourth-order valence-corrected chi connectivity index (χ4v) is 4.19. The van der Waals surface area contributed by atoms with Gasteiger partial charge in [0.1, 0.15) is 12.4 Å². The highest BCUT2D eigenvalue weighted by molar-refractivity contribution is 7.90. The predicted octanol–water partition coefficient (Wildman–Crippen LogP) is 0.103. The number of fused-ring (bicyclic) bond motifs is 2. The van der Waals surface area contributed by atoms with Gasteiger partial charge in [0, 0.05) is 12.0 Å². The minimum absolute atomic E-state index is 0.0198. The lowest BCUT2D eigenvalue weighted by Crippen LogP contribution is -2.50. The first-order valence-electron chi connectivity index (χ1n) is 9.08. The van der Waals surface area contributed by atoms with E-state index in [1.54, 1.807) is 42.5 Å². The van der Waals surface area contributed by atoms with E-state index in [2.05, 4.69) is 20.6 Å². The first-order valence-corrected chi connectivity index (χ1v) is 10.6. The molecule has 0 radical (unpaired) electrons. The first kappa shape index (κ1) is 19.7. The third-order valence-electron chi connectivity index (χ3n) is 4.40. The molecule has 1 atom stereocenters. The van der Waals surface area contributed by atoms with Crippen molar-refractivity contribution in [3.63, 3.8) is 0 Å². The second kappa shape index (κ2) is 8.03. The Labute approximate surface area is 172 Å². The molecule has 0 spiro atoms. The number of hydrogen-bond donors (Lipinski definition) is 3. The highest BCUT2D eigenvalue weighted by Crippen LogP contribution is 2.30. The molecule has 2 heterocycles. The lowest BCUT2D eigenvalue weighted by atomic mass is 10.2. The van der Waals surface area contributed by atoms with Gasteiger partial charge in [0.25, 0.3) is 15.9 Å². The summed E-state index contributed by atoms with van der Waals surface area (Å²) in [6.45, 7) is 0.0518. The highest BCUT2D eigenvalue weighted by atomic mass is 32.2. The van der Waals surface area contributed by atoms with Gasteiger partial charge in [-0.15, -0.1) is 0 Å². The van der Waals surface area contributed by atoms with Gasteiger partial charge in [0.05, 0.1) is 11.4 Å². The average Bonchev–Trinajstić information content (AvgIpc) is 3.02. The Hall–Kier alpha value is -3.60. The third-order valence-corrected chi connectivity index (χ3v) is 5.79. The summed E-state index contributed by atoms with van der Waals surface area (Å²) in [5, 5.41) is 0. The summed E-state index contributed by atoms with van der Waals surface area (Å²) in [5.74, 6) is 0.147. The molecule has 11 heteroatoms. The van der Waals surface area contributed by atoms with Crippen molar-refractivity contribution in [2.75, 3.05) is 13.2 Å². The number of nitrogens with one attached hydrogen (secondary N) is 3. The second-order valence-electron chi connectivity index (χ2n) is 6.48. The van der Waals surface area contributed by atoms with Crippen molar-refractivity contribution < 1.29 is 27.5 Å². The monoisotopic (exact) mass is 430 g/mol. The smallest absolute Gasteiger partial charge is 0.283 e. The van der Waals surface area contributed by atoms with Crippen molar-refractivity contribution >= 4 is 27.7 Å². The molecule has 2 aliphatic rings. The van der Waals surface area contributed by atoms with Crippen molar-refractivity contribution in [1.82, 2.24) is 15.6 Å². The summed E-state index contributed by atoms with van der Waals surface area (Å²) in [4.78, 5) is 28.4. The van der Waals surface area contributed by atoms with Gasteiger partial charge in [0.2, 0.25) is 12.0 Å². The number of hydrazine groups is 1. The molecule has 2 aromatic carbocycles. The molecule has 30 heavy (non-hydrogen) atoms. The molecule has 10 nitrogen and oxygen atoms in total. The van der Waals surface area contributed by atoms with Crippen LogP contribution in [0.25, 0.3) is 0 Å². The van der Waals surface area contributed by atoms with E-state index in [1.165, 1.54) is 6.07 Å². The van der Waals surface area contributed by atoms with Gasteiger partial charge in [-0.1, -0.05) is 24.3 Å². The van der Waals surface area contributed by atoms with E-state index < -0.39 is 27.9 Å². The molecule has 1 unspecified atom stereocenters. The zero-order valence-electron chi connectivity index (χ0n) is 15.6. The molecule has 0 aliphatic carbocycles. The van der Waals surface area contributed by atoms with Gasteiger partial charge in [-0.2, -0.15) is 0 Å². The van der Waals surface area contributed by atoms with Crippen LogP contribution < -0.4 is 25.0 Å². The Balaban J connectivity index is 1.26. The van der Waals surface area contributed by atoms with E-state index in [4.69, 9.17) is 9.47 Å². The number of amides is 2. The quantitative estimate of drug-likeness (QED) is 0.589. The van der Waals surface area contributed by atoms with Crippen LogP contribution in [0.4, 0.5) is 0 Å². The van der Waals surface area contributed by atoms with Crippen LogP contribution in [0.15, 0.2) is 58.4 Å². The highest BCUT2D eigenvalue weighted by Gasteiger charge is 2.30. The Kier molecular flexibility index (Phi) is 5.27. The van der Waals surface area contributed by atoms with E-state index in [0.29, 0.717) is 17.1 Å². The summed E-state index contributed by atoms with van der Waals surface area (Å²) in [7, 11) is -3.62. The lowest BCUT2D eigenvalue weighted by molar-refractivity contribution is -0.135.